The Bertz CT molecular complexity index is 2050. The first kappa shape index (κ1) is 29.2. The van der Waals surface area contributed by atoms with Crippen LogP contribution in [0.3, 0.4) is 0 Å². The summed E-state index contributed by atoms with van der Waals surface area (Å²) in [7, 11) is 0. The fraction of sp³-hybridized carbons (Fsp3) is 0.256. The average molecular weight is 587 g/mol. The number of aromatic nitrogens is 1. The number of hydrogen-bond donors (Lipinski definition) is 0. The van der Waals surface area contributed by atoms with Crippen molar-refractivity contribution in [3.63, 3.8) is 0 Å². The van der Waals surface area contributed by atoms with Crippen molar-refractivity contribution >= 4 is 40.3 Å². The van der Waals surface area contributed by atoms with Crippen molar-refractivity contribution in [2.45, 2.75) is 52.9 Å². The zero-order valence-electron chi connectivity index (χ0n) is 26.8. The zero-order valence-corrected chi connectivity index (χ0v) is 26.8. The van der Waals surface area contributed by atoms with Crippen molar-refractivity contribution in [3.8, 4) is 22.3 Å². The molecular formula is C43H42N2. The van der Waals surface area contributed by atoms with Gasteiger partial charge in [0, 0.05) is 36.5 Å². The monoisotopic (exact) mass is 586 g/mol. The summed E-state index contributed by atoms with van der Waals surface area (Å²) in [6.07, 6.45) is 28.1. The Labute approximate surface area is 267 Å². The summed E-state index contributed by atoms with van der Waals surface area (Å²) in [5.41, 5.74) is 11.7. The molecule has 2 heterocycles. The average Bonchev–Trinajstić information content (AvgIpc) is 3.04. The molecule has 2 nitrogen and oxygen atoms in total. The molecule has 0 saturated heterocycles. The largest absolute Gasteiger partial charge is 0.293 e. The van der Waals surface area contributed by atoms with Gasteiger partial charge in [-0.3, -0.25) is 9.98 Å². The predicted octanol–water partition coefficient (Wildman–Crippen LogP) is 9.73. The third kappa shape index (κ3) is 5.94. The highest BCUT2D eigenvalue weighted by atomic mass is 14.7. The molecule has 1 aromatic heterocycles. The molecule has 0 radical (unpaired) electrons. The number of pyridine rings is 1. The lowest BCUT2D eigenvalue weighted by molar-refractivity contribution is 0.641. The normalized spacial score (nSPS) is 24.5. The van der Waals surface area contributed by atoms with Crippen molar-refractivity contribution < 1.29 is 0 Å². The molecule has 3 aromatic carbocycles. The smallest absolute Gasteiger partial charge is 0.0455 e. The Balaban J connectivity index is 1.51. The van der Waals surface area contributed by atoms with E-state index in [1.54, 1.807) is 0 Å². The van der Waals surface area contributed by atoms with Gasteiger partial charge in [0.25, 0.3) is 0 Å². The highest BCUT2D eigenvalue weighted by Gasteiger charge is 2.19. The zero-order chi connectivity index (χ0) is 30.8. The third-order valence-corrected chi connectivity index (χ3v) is 9.64. The summed E-state index contributed by atoms with van der Waals surface area (Å²) in [6.45, 7) is 7.72. The molecule has 0 spiro atoms. The first-order chi connectivity index (χ1) is 22.1. The summed E-state index contributed by atoms with van der Waals surface area (Å²) in [6, 6.07) is 20.5. The van der Waals surface area contributed by atoms with Crippen molar-refractivity contribution in [2.75, 3.05) is 6.54 Å². The second-order valence-electron chi connectivity index (χ2n) is 13.1. The van der Waals surface area contributed by atoms with Gasteiger partial charge in [-0.2, -0.15) is 0 Å². The van der Waals surface area contributed by atoms with E-state index in [0.29, 0.717) is 11.8 Å². The molecule has 1 aliphatic heterocycles. The second kappa shape index (κ2) is 12.8. The van der Waals surface area contributed by atoms with Crippen LogP contribution in [0.4, 0.5) is 0 Å². The van der Waals surface area contributed by atoms with E-state index in [4.69, 9.17) is 4.98 Å². The number of allylic oxidation sites excluding steroid dienone is 7. The van der Waals surface area contributed by atoms with Crippen molar-refractivity contribution in [2.24, 2.45) is 16.8 Å². The number of fused-ring (bicyclic) bond motifs is 2. The third-order valence-electron chi connectivity index (χ3n) is 9.64. The van der Waals surface area contributed by atoms with E-state index < -0.39 is 0 Å². The molecule has 45 heavy (non-hydrogen) atoms. The Morgan fingerprint density at radius 1 is 0.778 bits per heavy atom. The van der Waals surface area contributed by atoms with E-state index >= 15 is 0 Å². The van der Waals surface area contributed by atoms with Crippen molar-refractivity contribution in [3.05, 3.63) is 125 Å². The molecule has 4 aromatic rings. The van der Waals surface area contributed by atoms with Gasteiger partial charge in [-0.05, 0) is 130 Å². The molecule has 224 valence electrons. The first-order valence-corrected chi connectivity index (χ1v) is 16.6. The van der Waals surface area contributed by atoms with Crippen LogP contribution in [0.1, 0.15) is 64.0 Å². The van der Waals surface area contributed by atoms with Crippen molar-refractivity contribution in [1.82, 2.24) is 4.98 Å². The Morgan fingerprint density at radius 2 is 1.56 bits per heavy atom. The van der Waals surface area contributed by atoms with Crippen molar-refractivity contribution in [1.29, 1.82) is 0 Å². The standard InChI is InChI=1S/C43H42N2/c1-29-10-4-6-12-32(19-18-29)33-13-8-15-35(25-33)42-38-17-7-5-11-30(2)24-40(38)43(41-28-45-23-21-39(41)42)36-16-9-14-34(26-36)37-20-22-44-27-31(37)3/h6,8-9,12-26,28,30-31H,4-5,7,10-11,27H2,1-3H3/b12-6-,29-18-,32-19+,38-17+,40-24+. The van der Waals surface area contributed by atoms with Crippen LogP contribution in [0.15, 0.2) is 108 Å². The van der Waals surface area contributed by atoms with Crippen LogP contribution in [0.5, 0.6) is 0 Å². The number of hydrogen-bond acceptors (Lipinski definition) is 2. The molecule has 0 bridgehead atoms. The highest BCUT2D eigenvalue weighted by Crippen LogP contribution is 2.35. The summed E-state index contributed by atoms with van der Waals surface area (Å²) in [5, 5.41) is 5.17. The van der Waals surface area contributed by atoms with Gasteiger partial charge in [-0.25, -0.2) is 0 Å². The summed E-state index contributed by atoms with van der Waals surface area (Å²) < 4.78 is 0. The number of dihydropyridines is 1. The van der Waals surface area contributed by atoms with Crippen LogP contribution in [0, 0.1) is 11.8 Å². The minimum absolute atomic E-state index is 0.404. The van der Waals surface area contributed by atoms with Crippen LogP contribution >= 0.6 is 0 Å². The summed E-state index contributed by atoms with van der Waals surface area (Å²) in [4.78, 5) is 9.21. The molecular weight excluding hydrogens is 544 g/mol. The number of aliphatic imine (C=N–C) groups is 1. The second-order valence-corrected chi connectivity index (χ2v) is 13.1. The van der Waals surface area contributed by atoms with Crippen LogP contribution in [-0.2, 0) is 0 Å². The fourth-order valence-electron chi connectivity index (χ4n) is 7.22. The Kier molecular flexibility index (Phi) is 8.31. The number of nitrogens with zero attached hydrogens (tertiary/aromatic N) is 2. The molecule has 2 atom stereocenters. The Hall–Kier alpha value is -4.56. The van der Waals surface area contributed by atoms with Gasteiger partial charge in [0.1, 0.15) is 0 Å². The number of rotatable bonds is 4. The van der Waals surface area contributed by atoms with Gasteiger partial charge in [0.05, 0.1) is 0 Å². The van der Waals surface area contributed by atoms with Crippen LogP contribution in [-0.4, -0.2) is 17.7 Å². The maximum Gasteiger partial charge on any atom is 0.0455 e. The minimum atomic E-state index is 0.404. The van der Waals surface area contributed by atoms with E-state index in [2.05, 4.69) is 129 Å². The summed E-state index contributed by atoms with van der Waals surface area (Å²) >= 11 is 0. The molecule has 0 fully saturated rings. The Morgan fingerprint density at radius 3 is 2.40 bits per heavy atom. The van der Waals surface area contributed by atoms with E-state index in [-0.39, 0.29) is 0 Å². The molecule has 3 aliphatic rings. The molecule has 2 heteroatoms. The predicted molar refractivity (Wildman–Crippen MR) is 194 cm³/mol. The molecule has 0 saturated carbocycles. The van der Waals surface area contributed by atoms with Gasteiger partial charge >= 0.3 is 0 Å². The fourth-order valence-corrected chi connectivity index (χ4v) is 7.22. The molecule has 0 N–H and O–H groups in total. The van der Waals surface area contributed by atoms with Gasteiger partial charge < -0.3 is 0 Å². The van der Waals surface area contributed by atoms with E-state index in [1.165, 1.54) is 84.2 Å². The lowest BCUT2D eigenvalue weighted by atomic mass is 9.84. The lowest BCUT2D eigenvalue weighted by Crippen LogP contribution is -2.31. The molecule has 7 rings (SSSR count). The number of benzene rings is 3. The maximum absolute atomic E-state index is 4.71. The maximum atomic E-state index is 4.71. The van der Waals surface area contributed by atoms with Gasteiger partial charge in [-0.1, -0.05) is 92.3 Å². The lowest BCUT2D eigenvalue weighted by Gasteiger charge is -2.20. The topological polar surface area (TPSA) is 25.2 Å². The van der Waals surface area contributed by atoms with Gasteiger partial charge in [0.2, 0.25) is 0 Å². The molecule has 2 aliphatic carbocycles. The van der Waals surface area contributed by atoms with E-state index in [9.17, 15) is 0 Å². The highest BCUT2D eigenvalue weighted by molar-refractivity contribution is 6.06. The van der Waals surface area contributed by atoms with E-state index in [0.717, 1.165) is 25.8 Å². The van der Waals surface area contributed by atoms with Gasteiger partial charge in [0.15, 0.2) is 0 Å². The SMILES string of the molecule is C/C1=C/C=C(c2cccc(-c3c4/c(c(-c5cccc(C6=CC=NCC6C)c5)c5cnccc35)=C\C(C)CCC\C=4)c2)\C=C/CC1. The van der Waals surface area contributed by atoms with E-state index in [1.807, 2.05) is 12.4 Å². The van der Waals surface area contributed by atoms with Crippen LogP contribution < -0.4 is 10.4 Å². The minimum Gasteiger partial charge on any atom is -0.293 e. The molecule has 2 unspecified atom stereocenters. The van der Waals surface area contributed by atoms with Crippen LogP contribution in [0.25, 0.3) is 56.3 Å². The summed E-state index contributed by atoms with van der Waals surface area (Å²) in [5.74, 6) is 0.895. The van der Waals surface area contributed by atoms with Gasteiger partial charge in [-0.15, -0.1) is 0 Å². The quantitative estimate of drug-likeness (QED) is 0.234. The first-order valence-electron chi connectivity index (χ1n) is 16.6. The molecule has 0 amide bonds. The van der Waals surface area contributed by atoms with Crippen LogP contribution in [0.2, 0.25) is 0 Å².